The summed E-state index contributed by atoms with van der Waals surface area (Å²) in [5.41, 5.74) is 1.07. The van der Waals surface area contributed by atoms with E-state index in [1.807, 2.05) is 6.07 Å². The molecule has 0 aliphatic carbocycles. The molecule has 0 amide bonds. The summed E-state index contributed by atoms with van der Waals surface area (Å²) in [6, 6.07) is 53.3. The normalized spacial score (nSPS) is 11.2. The molecule has 0 aromatic heterocycles. The van der Waals surface area contributed by atoms with Crippen molar-refractivity contribution in [2.24, 2.45) is 4.52 Å². The monoisotopic (exact) mass is 476 g/mol. The molecule has 0 fully saturated rings. The molecular formula is C30H26N2P2. The molecular weight excluding hydrogens is 450 g/mol. The van der Waals surface area contributed by atoms with Gasteiger partial charge in [-0.15, -0.1) is 0 Å². The fourth-order valence-corrected chi connectivity index (χ4v) is 10.3. The molecule has 0 bridgehead atoms. The van der Waals surface area contributed by atoms with Crippen LogP contribution in [0.2, 0.25) is 0 Å². The van der Waals surface area contributed by atoms with Gasteiger partial charge in [0, 0.05) is 26.9 Å². The molecule has 0 aliphatic rings. The van der Waals surface area contributed by atoms with Crippen LogP contribution in [0.3, 0.4) is 0 Å². The Morgan fingerprint density at radius 3 is 1.21 bits per heavy atom. The van der Waals surface area contributed by atoms with Gasteiger partial charge in [0.25, 0.3) is 0 Å². The van der Waals surface area contributed by atoms with Crippen LogP contribution in [0.1, 0.15) is 0 Å². The van der Waals surface area contributed by atoms with Crippen molar-refractivity contribution < 1.29 is 0 Å². The van der Waals surface area contributed by atoms with Crippen LogP contribution in [-0.2, 0) is 0 Å². The van der Waals surface area contributed by atoms with E-state index in [2.05, 4.69) is 151 Å². The van der Waals surface area contributed by atoms with Crippen molar-refractivity contribution in [2.45, 2.75) is 0 Å². The van der Waals surface area contributed by atoms with Gasteiger partial charge in [-0.25, -0.2) is 4.52 Å². The van der Waals surface area contributed by atoms with E-state index in [-0.39, 0.29) is 0 Å². The molecule has 0 radical (unpaired) electrons. The van der Waals surface area contributed by atoms with Gasteiger partial charge in [0.05, 0.1) is 8.07 Å². The number of para-hydroxylation sites is 1. The zero-order valence-corrected chi connectivity index (χ0v) is 20.6. The lowest BCUT2D eigenvalue weighted by atomic mass is 10.3. The van der Waals surface area contributed by atoms with E-state index >= 15 is 0 Å². The van der Waals surface area contributed by atoms with Crippen molar-refractivity contribution in [2.75, 3.05) is 5.09 Å². The Morgan fingerprint density at radius 2 is 0.794 bits per heavy atom. The minimum atomic E-state index is -2.41. The van der Waals surface area contributed by atoms with Gasteiger partial charge in [-0.3, -0.25) is 0 Å². The first-order chi connectivity index (χ1) is 16.9. The molecule has 0 unspecified atom stereocenters. The van der Waals surface area contributed by atoms with E-state index in [1.54, 1.807) is 0 Å². The lowest BCUT2D eigenvalue weighted by Crippen LogP contribution is -2.23. The Morgan fingerprint density at radius 1 is 0.441 bits per heavy atom. The summed E-state index contributed by atoms with van der Waals surface area (Å²) in [5, 5.41) is 8.87. The Hall–Kier alpha value is -3.44. The van der Waals surface area contributed by atoms with Gasteiger partial charge < -0.3 is 5.09 Å². The van der Waals surface area contributed by atoms with E-state index in [9.17, 15) is 0 Å². The Balaban J connectivity index is 1.83. The van der Waals surface area contributed by atoms with E-state index in [0.29, 0.717) is 0 Å². The highest BCUT2D eigenvalue weighted by Gasteiger charge is 2.28. The summed E-state index contributed by atoms with van der Waals surface area (Å²) in [7, 11) is -3.38. The fourth-order valence-electron chi connectivity index (χ4n) is 3.92. The molecule has 34 heavy (non-hydrogen) atoms. The first-order valence-electron chi connectivity index (χ1n) is 11.3. The standard InChI is InChI=1S/C30H26N2P2/c1-6-16-26(17-7-1)31-34(29-22-12-4-13-23-29,30-24-14-5-15-25-30)32-33(27-18-8-2-9-19-27)28-20-10-3-11-21-28/h1-25,31H. The molecule has 166 valence electrons. The molecule has 0 saturated heterocycles. The van der Waals surface area contributed by atoms with Crippen LogP contribution < -0.4 is 26.3 Å². The minimum Gasteiger partial charge on any atom is -0.345 e. The Kier molecular flexibility index (Phi) is 7.01. The smallest absolute Gasteiger partial charge is 0.114 e. The zero-order chi connectivity index (χ0) is 23.1. The number of hydrogen-bond donors (Lipinski definition) is 1. The minimum absolute atomic E-state index is 0.970. The number of benzene rings is 5. The number of nitrogens with zero attached hydrogens (tertiary/aromatic N) is 1. The molecule has 0 spiro atoms. The van der Waals surface area contributed by atoms with Crippen molar-refractivity contribution in [1.82, 2.24) is 0 Å². The maximum absolute atomic E-state index is 5.85. The largest absolute Gasteiger partial charge is 0.345 e. The highest BCUT2D eigenvalue weighted by atomic mass is 31.2. The van der Waals surface area contributed by atoms with Crippen LogP contribution in [0.5, 0.6) is 0 Å². The second kappa shape index (κ2) is 10.7. The highest BCUT2D eigenvalue weighted by Crippen LogP contribution is 2.55. The zero-order valence-electron chi connectivity index (χ0n) is 18.8. The van der Waals surface area contributed by atoms with Gasteiger partial charge in [-0.1, -0.05) is 140 Å². The Bertz CT molecular complexity index is 1280. The molecule has 5 aromatic rings. The lowest BCUT2D eigenvalue weighted by molar-refractivity contribution is 1.64. The van der Waals surface area contributed by atoms with E-state index in [1.165, 1.54) is 21.2 Å². The van der Waals surface area contributed by atoms with E-state index in [4.69, 9.17) is 4.52 Å². The van der Waals surface area contributed by atoms with Gasteiger partial charge >= 0.3 is 0 Å². The first-order valence-corrected chi connectivity index (χ1v) is 14.4. The van der Waals surface area contributed by atoms with Gasteiger partial charge in [-0.2, -0.15) is 0 Å². The molecule has 0 atom stereocenters. The molecule has 0 heterocycles. The average molecular weight is 477 g/mol. The number of anilines is 1. The van der Waals surface area contributed by atoms with Crippen LogP contribution >= 0.6 is 15.3 Å². The Labute approximate surface area is 203 Å². The highest BCUT2D eigenvalue weighted by molar-refractivity contribution is 7.88. The lowest BCUT2D eigenvalue weighted by Gasteiger charge is -2.30. The van der Waals surface area contributed by atoms with Crippen molar-refractivity contribution in [3.8, 4) is 0 Å². The SMILES string of the molecule is c1ccc(NP(=NP(c2ccccc2)c2ccccc2)(c2ccccc2)c2ccccc2)cc1. The molecule has 5 aromatic carbocycles. The summed E-state index contributed by atoms with van der Waals surface area (Å²) < 4.78 is 5.85. The van der Waals surface area contributed by atoms with Crippen LogP contribution in [0.25, 0.3) is 0 Å². The fraction of sp³-hybridized carbons (Fsp3) is 0. The van der Waals surface area contributed by atoms with Gasteiger partial charge in [-0.05, 0) is 12.1 Å². The number of nitrogens with one attached hydrogen (secondary N) is 1. The molecule has 5 rings (SSSR count). The second-order valence-corrected chi connectivity index (χ2v) is 12.8. The molecule has 2 nitrogen and oxygen atoms in total. The predicted molar refractivity (Wildman–Crippen MR) is 151 cm³/mol. The molecule has 4 heteroatoms. The summed E-state index contributed by atoms with van der Waals surface area (Å²) in [4.78, 5) is 0. The van der Waals surface area contributed by atoms with Crippen molar-refractivity contribution in [3.05, 3.63) is 152 Å². The van der Waals surface area contributed by atoms with Gasteiger partial charge in [0.2, 0.25) is 0 Å². The van der Waals surface area contributed by atoms with Crippen molar-refractivity contribution in [1.29, 1.82) is 0 Å². The van der Waals surface area contributed by atoms with Crippen LogP contribution in [-0.4, -0.2) is 0 Å². The topological polar surface area (TPSA) is 24.4 Å². The first kappa shape index (κ1) is 22.4. The van der Waals surface area contributed by atoms with Crippen molar-refractivity contribution in [3.63, 3.8) is 0 Å². The summed E-state index contributed by atoms with van der Waals surface area (Å²) in [5.74, 6) is 0. The molecule has 0 aliphatic heterocycles. The third-order valence-corrected chi connectivity index (χ3v) is 11.6. The van der Waals surface area contributed by atoms with Gasteiger partial charge in [0.15, 0.2) is 0 Å². The number of rotatable bonds is 7. The van der Waals surface area contributed by atoms with E-state index < -0.39 is 15.3 Å². The van der Waals surface area contributed by atoms with Crippen LogP contribution in [0, 0.1) is 0 Å². The maximum Gasteiger partial charge on any atom is 0.114 e. The van der Waals surface area contributed by atoms with Crippen molar-refractivity contribution >= 4 is 42.2 Å². The van der Waals surface area contributed by atoms with E-state index in [0.717, 1.165) is 5.69 Å². The summed E-state index contributed by atoms with van der Waals surface area (Å²) >= 11 is 0. The quantitative estimate of drug-likeness (QED) is 0.254. The maximum atomic E-state index is 5.85. The van der Waals surface area contributed by atoms with Gasteiger partial charge in [0.1, 0.15) is 7.21 Å². The van der Waals surface area contributed by atoms with Crippen LogP contribution in [0.4, 0.5) is 5.69 Å². The third kappa shape index (κ3) is 4.90. The predicted octanol–water partition coefficient (Wildman–Crippen LogP) is 6.91. The third-order valence-electron chi connectivity index (χ3n) is 5.55. The second-order valence-electron chi connectivity index (χ2n) is 7.86. The molecule has 1 N–H and O–H groups in total. The number of hydrogen-bond acceptors (Lipinski definition) is 1. The summed E-state index contributed by atoms with van der Waals surface area (Å²) in [6.45, 7) is 0. The summed E-state index contributed by atoms with van der Waals surface area (Å²) in [6.07, 6.45) is 0. The van der Waals surface area contributed by atoms with Crippen LogP contribution in [0.15, 0.2) is 156 Å². The molecule has 0 saturated carbocycles. The average Bonchev–Trinajstić information content (AvgIpc) is 2.93.